The third kappa shape index (κ3) is 4.60. The first kappa shape index (κ1) is 25.6. The molecule has 0 saturated heterocycles. The van der Waals surface area contributed by atoms with Crippen LogP contribution in [0.15, 0.2) is 146 Å². The van der Waals surface area contributed by atoms with Crippen LogP contribution in [0.4, 0.5) is 0 Å². The molecule has 2 nitrogen and oxygen atoms in total. The number of pyridine rings is 2. The number of rotatable bonds is 4. The molecule has 0 fully saturated rings. The highest BCUT2D eigenvalue weighted by molar-refractivity contribution is 5.84. The molecule has 0 N–H and O–H groups in total. The molecule has 0 radical (unpaired) electrons. The number of hydrogen-bond acceptors (Lipinski definition) is 2. The van der Waals surface area contributed by atoms with Crippen LogP contribution < -0.4 is 0 Å². The zero-order valence-electron chi connectivity index (χ0n) is 24.2. The highest BCUT2D eigenvalue weighted by atomic mass is 14.7. The lowest BCUT2D eigenvalue weighted by molar-refractivity contribution is 0.410. The summed E-state index contributed by atoms with van der Waals surface area (Å²) in [4.78, 5) is 9.04. The Balaban J connectivity index is 1.24. The van der Waals surface area contributed by atoms with Crippen LogP contribution >= 0.6 is 0 Å². The molecular formula is C41H32N2. The number of nitrogens with zero attached hydrogens (tertiary/aromatic N) is 2. The molecule has 4 aromatic carbocycles. The van der Waals surface area contributed by atoms with E-state index in [0.717, 1.165) is 28.8 Å². The first-order valence-corrected chi connectivity index (χ1v) is 15.2. The van der Waals surface area contributed by atoms with Crippen LogP contribution in [0.3, 0.4) is 0 Å². The fourth-order valence-corrected chi connectivity index (χ4v) is 7.21. The van der Waals surface area contributed by atoms with Crippen molar-refractivity contribution in [3.8, 4) is 55.8 Å². The summed E-state index contributed by atoms with van der Waals surface area (Å²) in [5.41, 5.74) is 14.9. The van der Waals surface area contributed by atoms with Gasteiger partial charge in [0.05, 0.1) is 5.69 Å². The van der Waals surface area contributed by atoms with Crippen molar-refractivity contribution in [1.82, 2.24) is 9.97 Å². The van der Waals surface area contributed by atoms with Gasteiger partial charge in [0.15, 0.2) is 0 Å². The molecule has 8 rings (SSSR count). The summed E-state index contributed by atoms with van der Waals surface area (Å²) in [6.45, 7) is 2.42. The van der Waals surface area contributed by atoms with E-state index in [1.807, 2.05) is 36.8 Å². The summed E-state index contributed by atoms with van der Waals surface area (Å²) in [6, 6.07) is 42.0. The normalized spacial score (nSPS) is 18.4. The minimum atomic E-state index is 0.439. The highest BCUT2D eigenvalue weighted by Crippen LogP contribution is 2.53. The second-order valence-electron chi connectivity index (χ2n) is 11.9. The molecule has 6 aromatic rings. The second-order valence-corrected chi connectivity index (χ2v) is 11.9. The lowest BCUT2D eigenvalue weighted by atomic mass is 9.64. The van der Waals surface area contributed by atoms with Gasteiger partial charge in [0, 0.05) is 35.6 Å². The van der Waals surface area contributed by atoms with Gasteiger partial charge in [-0.25, -0.2) is 0 Å². The minimum Gasteiger partial charge on any atom is -0.264 e. The Kier molecular flexibility index (Phi) is 6.34. The molecule has 2 aliphatic carbocycles. The standard InChI is InChI=1S/C41H32N2/c1-27-9-6-15-38-36-14-3-2-13-35(36)37-18-17-30(25-39(37)41(27)38)28-10-7-11-29(21-28)32-22-33(31-12-8-19-42-26-31)24-34(23-32)40-16-4-5-20-43-40/h2-8,10-27,38,41H,9H2,1H3. The maximum atomic E-state index is 4.66. The molecule has 0 amide bonds. The van der Waals surface area contributed by atoms with E-state index < -0.39 is 0 Å². The molecule has 0 bridgehead atoms. The van der Waals surface area contributed by atoms with E-state index in [4.69, 9.17) is 0 Å². The van der Waals surface area contributed by atoms with Crippen LogP contribution in [0.25, 0.3) is 55.8 Å². The SMILES string of the molecule is CC1CC=CC2c3ccccc3-c3ccc(-c4cccc(-c5cc(-c6cccnc6)cc(-c6ccccn6)c5)c4)cc3C12. The van der Waals surface area contributed by atoms with Crippen LogP contribution in [0, 0.1) is 5.92 Å². The molecule has 2 aromatic heterocycles. The monoisotopic (exact) mass is 552 g/mol. The Morgan fingerprint density at radius 1 is 0.558 bits per heavy atom. The lowest BCUT2D eigenvalue weighted by Gasteiger charge is -2.40. The predicted octanol–water partition coefficient (Wildman–Crippen LogP) is 10.6. The summed E-state index contributed by atoms with van der Waals surface area (Å²) < 4.78 is 0. The Labute approximate surface area is 253 Å². The van der Waals surface area contributed by atoms with E-state index in [9.17, 15) is 0 Å². The summed E-state index contributed by atoms with van der Waals surface area (Å²) in [7, 11) is 0. The van der Waals surface area contributed by atoms with E-state index in [2.05, 4.69) is 126 Å². The third-order valence-electron chi connectivity index (χ3n) is 9.29. The van der Waals surface area contributed by atoms with Crippen LogP contribution in [0.1, 0.15) is 36.3 Å². The van der Waals surface area contributed by atoms with Gasteiger partial charge < -0.3 is 0 Å². The van der Waals surface area contributed by atoms with E-state index in [-0.39, 0.29) is 0 Å². The zero-order chi connectivity index (χ0) is 28.8. The van der Waals surface area contributed by atoms with Crippen molar-refractivity contribution < 1.29 is 0 Å². The Hall–Kier alpha value is -5.08. The molecule has 2 aliphatic rings. The predicted molar refractivity (Wildman–Crippen MR) is 178 cm³/mol. The largest absolute Gasteiger partial charge is 0.264 e. The van der Waals surface area contributed by atoms with E-state index in [0.29, 0.717) is 17.8 Å². The summed E-state index contributed by atoms with van der Waals surface area (Å²) in [5.74, 6) is 1.54. The number of allylic oxidation sites excluding steroid dienone is 2. The van der Waals surface area contributed by atoms with Crippen molar-refractivity contribution in [2.24, 2.45) is 5.92 Å². The maximum absolute atomic E-state index is 4.66. The van der Waals surface area contributed by atoms with Crippen LogP contribution in [0.5, 0.6) is 0 Å². The molecule has 2 heteroatoms. The molecule has 0 saturated carbocycles. The molecule has 0 spiro atoms. The Bertz CT molecular complexity index is 1920. The highest BCUT2D eigenvalue weighted by Gasteiger charge is 2.36. The maximum Gasteiger partial charge on any atom is 0.0702 e. The van der Waals surface area contributed by atoms with Gasteiger partial charge in [-0.3, -0.25) is 9.97 Å². The van der Waals surface area contributed by atoms with Crippen LogP contribution in [0.2, 0.25) is 0 Å². The number of hydrogen-bond donors (Lipinski definition) is 0. The number of fused-ring (bicyclic) bond motifs is 6. The van der Waals surface area contributed by atoms with Gasteiger partial charge in [0.25, 0.3) is 0 Å². The van der Waals surface area contributed by atoms with Gasteiger partial charge in [0.1, 0.15) is 0 Å². The van der Waals surface area contributed by atoms with Gasteiger partial charge >= 0.3 is 0 Å². The molecule has 3 unspecified atom stereocenters. The molecule has 43 heavy (non-hydrogen) atoms. The molecule has 206 valence electrons. The average molecular weight is 553 g/mol. The molecule has 0 aliphatic heterocycles. The van der Waals surface area contributed by atoms with Crippen molar-refractivity contribution in [2.75, 3.05) is 0 Å². The zero-order valence-corrected chi connectivity index (χ0v) is 24.2. The first-order valence-electron chi connectivity index (χ1n) is 15.2. The van der Waals surface area contributed by atoms with Gasteiger partial charge in [-0.1, -0.05) is 91.9 Å². The van der Waals surface area contributed by atoms with Gasteiger partial charge in [-0.05, 0) is 111 Å². The number of benzene rings is 4. The van der Waals surface area contributed by atoms with Gasteiger partial charge in [-0.15, -0.1) is 0 Å². The Morgan fingerprint density at radius 3 is 2.12 bits per heavy atom. The average Bonchev–Trinajstić information content (AvgIpc) is 3.09. The molecular weight excluding hydrogens is 520 g/mol. The second kappa shape index (κ2) is 10.6. The van der Waals surface area contributed by atoms with Crippen molar-refractivity contribution in [2.45, 2.75) is 25.2 Å². The smallest absolute Gasteiger partial charge is 0.0702 e. The van der Waals surface area contributed by atoms with E-state index in [1.54, 1.807) is 0 Å². The van der Waals surface area contributed by atoms with Crippen molar-refractivity contribution in [3.05, 3.63) is 157 Å². The fourth-order valence-electron chi connectivity index (χ4n) is 7.21. The summed E-state index contributed by atoms with van der Waals surface area (Å²) in [6.07, 6.45) is 11.6. The number of aromatic nitrogens is 2. The molecule has 3 atom stereocenters. The van der Waals surface area contributed by atoms with Crippen molar-refractivity contribution in [3.63, 3.8) is 0 Å². The summed E-state index contributed by atoms with van der Waals surface area (Å²) >= 11 is 0. The topological polar surface area (TPSA) is 25.8 Å². The minimum absolute atomic E-state index is 0.439. The van der Waals surface area contributed by atoms with Crippen LogP contribution in [-0.4, -0.2) is 9.97 Å². The summed E-state index contributed by atoms with van der Waals surface area (Å²) in [5, 5.41) is 0. The Morgan fingerprint density at radius 2 is 1.28 bits per heavy atom. The quantitative estimate of drug-likeness (QED) is 0.203. The third-order valence-corrected chi connectivity index (χ3v) is 9.29. The first-order chi connectivity index (χ1) is 21.2. The van der Waals surface area contributed by atoms with Gasteiger partial charge in [-0.2, -0.15) is 0 Å². The van der Waals surface area contributed by atoms with E-state index >= 15 is 0 Å². The van der Waals surface area contributed by atoms with Crippen molar-refractivity contribution in [1.29, 1.82) is 0 Å². The van der Waals surface area contributed by atoms with Crippen LogP contribution in [-0.2, 0) is 0 Å². The fraction of sp³-hybridized carbons (Fsp3) is 0.122. The van der Waals surface area contributed by atoms with Gasteiger partial charge in [0.2, 0.25) is 0 Å². The lowest BCUT2D eigenvalue weighted by Crippen LogP contribution is -2.24. The van der Waals surface area contributed by atoms with Crippen molar-refractivity contribution >= 4 is 0 Å². The van der Waals surface area contributed by atoms with E-state index in [1.165, 1.54) is 44.5 Å². The molecule has 2 heterocycles.